The zero-order chi connectivity index (χ0) is 19.3. The summed E-state index contributed by atoms with van der Waals surface area (Å²) in [6.07, 6.45) is 7.48. The van der Waals surface area contributed by atoms with Crippen molar-refractivity contribution in [1.82, 2.24) is 24.5 Å². The Kier molecular flexibility index (Phi) is 3.98. The zero-order valence-electron chi connectivity index (χ0n) is 15.9. The van der Waals surface area contributed by atoms with Crippen molar-refractivity contribution in [2.45, 2.75) is 6.92 Å². The van der Waals surface area contributed by atoms with Crippen molar-refractivity contribution >= 4 is 22.2 Å². The van der Waals surface area contributed by atoms with Crippen LogP contribution in [-0.4, -0.2) is 57.7 Å². The summed E-state index contributed by atoms with van der Waals surface area (Å²) in [7, 11) is 2.14. The number of piperazine rings is 1. The first kappa shape index (κ1) is 17.1. The highest BCUT2D eigenvalue weighted by atomic mass is 19.1. The molecule has 0 saturated carbocycles. The van der Waals surface area contributed by atoms with E-state index in [4.69, 9.17) is 4.98 Å². The van der Waals surface area contributed by atoms with Gasteiger partial charge in [0.25, 0.3) is 0 Å². The maximum Gasteiger partial charge on any atom is 0.162 e. The van der Waals surface area contributed by atoms with Crippen LogP contribution in [0, 0.1) is 12.7 Å². The molecule has 1 aliphatic rings. The van der Waals surface area contributed by atoms with E-state index in [1.165, 1.54) is 6.07 Å². The predicted octanol–water partition coefficient (Wildman–Crippen LogP) is 3.14. The highest BCUT2D eigenvalue weighted by Crippen LogP contribution is 2.31. The van der Waals surface area contributed by atoms with Gasteiger partial charge in [-0.25, -0.2) is 13.9 Å². The van der Waals surface area contributed by atoms with Crippen LogP contribution in [0.1, 0.15) is 5.56 Å². The average Bonchev–Trinajstić information content (AvgIpc) is 3.12. The highest BCUT2D eigenvalue weighted by Gasteiger charge is 2.17. The van der Waals surface area contributed by atoms with E-state index in [1.54, 1.807) is 13.1 Å². The monoisotopic (exact) mass is 376 g/mol. The number of benzene rings is 1. The predicted molar refractivity (Wildman–Crippen MR) is 108 cm³/mol. The van der Waals surface area contributed by atoms with Crippen LogP contribution in [0.3, 0.4) is 0 Å². The number of aryl methyl sites for hydroxylation is 1. The third-order valence-electron chi connectivity index (χ3n) is 5.52. The van der Waals surface area contributed by atoms with Crippen LogP contribution in [0.5, 0.6) is 0 Å². The minimum Gasteiger partial charge on any atom is -0.366 e. The molecule has 5 rings (SSSR count). The van der Waals surface area contributed by atoms with Crippen molar-refractivity contribution in [2.75, 3.05) is 38.1 Å². The number of likely N-dealkylation sites (N-methyl/N-ethyl adjacent to an activating group) is 1. The van der Waals surface area contributed by atoms with E-state index in [0.717, 1.165) is 54.0 Å². The molecule has 0 radical (unpaired) electrons. The Bertz CT molecular complexity index is 1180. The summed E-state index contributed by atoms with van der Waals surface area (Å²) < 4.78 is 15.8. The van der Waals surface area contributed by atoms with E-state index in [-0.39, 0.29) is 5.82 Å². The number of hydrogen-bond acceptors (Lipinski definition) is 5. The van der Waals surface area contributed by atoms with E-state index in [1.807, 2.05) is 35.2 Å². The third kappa shape index (κ3) is 2.79. The Labute approximate surface area is 162 Å². The molecule has 1 aromatic carbocycles. The van der Waals surface area contributed by atoms with Gasteiger partial charge < -0.3 is 9.80 Å². The molecular weight excluding hydrogens is 355 g/mol. The minimum atomic E-state index is -0.244. The number of halogens is 1. The molecule has 0 amide bonds. The number of nitrogens with zero attached hydrogens (tertiary/aromatic N) is 6. The third-order valence-corrected chi connectivity index (χ3v) is 5.52. The lowest BCUT2D eigenvalue weighted by molar-refractivity contribution is 0.312. The first-order chi connectivity index (χ1) is 13.6. The number of aromatic nitrogens is 4. The fraction of sp³-hybridized carbons (Fsp3) is 0.286. The smallest absolute Gasteiger partial charge is 0.162 e. The van der Waals surface area contributed by atoms with Gasteiger partial charge in [0.2, 0.25) is 0 Å². The Balaban J connectivity index is 1.59. The normalized spacial score (nSPS) is 15.6. The van der Waals surface area contributed by atoms with Gasteiger partial charge >= 0.3 is 0 Å². The van der Waals surface area contributed by atoms with Gasteiger partial charge in [-0.05, 0) is 37.2 Å². The van der Waals surface area contributed by atoms with E-state index in [0.29, 0.717) is 11.1 Å². The molecule has 4 heterocycles. The lowest BCUT2D eigenvalue weighted by Crippen LogP contribution is -2.44. The molecule has 6 nitrogen and oxygen atoms in total. The summed E-state index contributed by atoms with van der Waals surface area (Å²) in [6.45, 7) is 5.82. The molecule has 1 fully saturated rings. The summed E-state index contributed by atoms with van der Waals surface area (Å²) >= 11 is 0. The fourth-order valence-electron chi connectivity index (χ4n) is 3.79. The van der Waals surface area contributed by atoms with Crippen molar-refractivity contribution in [3.63, 3.8) is 0 Å². The Morgan fingerprint density at radius 2 is 1.82 bits per heavy atom. The molecule has 1 aliphatic heterocycles. The summed E-state index contributed by atoms with van der Waals surface area (Å²) in [5.74, 6) is -0.244. The van der Waals surface area contributed by atoms with Gasteiger partial charge in [-0.15, -0.1) is 0 Å². The van der Waals surface area contributed by atoms with Crippen molar-refractivity contribution in [2.24, 2.45) is 0 Å². The number of rotatable bonds is 2. The van der Waals surface area contributed by atoms with Gasteiger partial charge in [0.15, 0.2) is 5.65 Å². The largest absolute Gasteiger partial charge is 0.366 e. The van der Waals surface area contributed by atoms with Crippen LogP contribution in [0.2, 0.25) is 0 Å². The second-order valence-electron chi connectivity index (χ2n) is 7.41. The Morgan fingerprint density at radius 3 is 2.64 bits per heavy atom. The van der Waals surface area contributed by atoms with Crippen LogP contribution < -0.4 is 4.90 Å². The first-order valence-corrected chi connectivity index (χ1v) is 9.42. The summed E-state index contributed by atoms with van der Waals surface area (Å²) in [5.41, 5.74) is 4.98. The molecule has 7 heteroatoms. The van der Waals surface area contributed by atoms with Crippen molar-refractivity contribution in [3.05, 3.63) is 54.4 Å². The van der Waals surface area contributed by atoms with Crippen LogP contribution in [0.15, 0.2) is 43.0 Å². The second-order valence-corrected chi connectivity index (χ2v) is 7.41. The SMILES string of the molecule is Cc1cc2c(-c3cnn4cc(N5CCN(C)CC5)cnc34)ccnc2cc1F. The number of hydrogen-bond donors (Lipinski definition) is 0. The quantitative estimate of drug-likeness (QED) is 0.538. The molecular formula is C21H21FN6. The molecule has 1 saturated heterocycles. The van der Waals surface area contributed by atoms with E-state index in [9.17, 15) is 4.39 Å². The summed E-state index contributed by atoms with van der Waals surface area (Å²) in [5, 5.41) is 5.44. The van der Waals surface area contributed by atoms with Crippen LogP contribution in [-0.2, 0) is 0 Å². The molecule has 0 aliphatic carbocycles. The Hall–Kier alpha value is -3.06. The molecule has 0 N–H and O–H groups in total. The van der Waals surface area contributed by atoms with E-state index < -0.39 is 0 Å². The van der Waals surface area contributed by atoms with Gasteiger partial charge in [-0.3, -0.25) is 4.98 Å². The number of pyridine rings is 1. The molecule has 142 valence electrons. The topological polar surface area (TPSA) is 49.6 Å². The maximum atomic E-state index is 13.9. The minimum absolute atomic E-state index is 0.244. The Morgan fingerprint density at radius 1 is 1.00 bits per heavy atom. The molecule has 3 aromatic heterocycles. The number of anilines is 1. The van der Waals surface area contributed by atoms with Gasteiger partial charge in [-0.1, -0.05) is 0 Å². The van der Waals surface area contributed by atoms with Crippen molar-refractivity contribution in [3.8, 4) is 11.1 Å². The van der Waals surface area contributed by atoms with E-state index in [2.05, 4.69) is 26.9 Å². The summed E-state index contributed by atoms with van der Waals surface area (Å²) in [4.78, 5) is 13.7. The van der Waals surface area contributed by atoms with Gasteiger partial charge in [0.05, 0.1) is 29.8 Å². The van der Waals surface area contributed by atoms with Crippen LogP contribution >= 0.6 is 0 Å². The van der Waals surface area contributed by atoms with Gasteiger partial charge in [0, 0.05) is 49.4 Å². The van der Waals surface area contributed by atoms with Crippen molar-refractivity contribution in [1.29, 1.82) is 0 Å². The summed E-state index contributed by atoms with van der Waals surface area (Å²) in [6, 6.07) is 5.26. The maximum absolute atomic E-state index is 13.9. The van der Waals surface area contributed by atoms with Crippen LogP contribution in [0.25, 0.3) is 27.7 Å². The molecule has 4 aromatic rings. The van der Waals surface area contributed by atoms with Crippen molar-refractivity contribution < 1.29 is 4.39 Å². The molecule has 28 heavy (non-hydrogen) atoms. The average molecular weight is 376 g/mol. The zero-order valence-corrected chi connectivity index (χ0v) is 15.9. The fourth-order valence-corrected chi connectivity index (χ4v) is 3.79. The molecule has 0 atom stereocenters. The lowest BCUT2D eigenvalue weighted by Gasteiger charge is -2.33. The second kappa shape index (κ2) is 6.53. The van der Waals surface area contributed by atoms with E-state index >= 15 is 0 Å². The first-order valence-electron chi connectivity index (χ1n) is 9.42. The lowest BCUT2D eigenvalue weighted by atomic mass is 10.0. The number of fused-ring (bicyclic) bond motifs is 2. The van der Waals surface area contributed by atoms with Gasteiger partial charge in [0.1, 0.15) is 5.82 Å². The van der Waals surface area contributed by atoms with Gasteiger partial charge in [-0.2, -0.15) is 5.10 Å². The molecule has 0 bridgehead atoms. The molecule has 0 unspecified atom stereocenters. The standard InChI is InChI=1S/C21H21FN6/c1-14-9-17-16(3-4-23-20(17)10-19(14)22)18-12-25-28-13-15(11-24-21(18)28)27-7-5-26(2)6-8-27/h3-4,9-13H,5-8H2,1-2H3. The highest BCUT2D eigenvalue weighted by molar-refractivity contribution is 5.98. The molecule has 0 spiro atoms. The van der Waals surface area contributed by atoms with Crippen LogP contribution in [0.4, 0.5) is 10.1 Å².